The van der Waals surface area contributed by atoms with Gasteiger partial charge in [0.2, 0.25) is 0 Å². The van der Waals surface area contributed by atoms with Crippen LogP contribution in [0, 0.1) is 0 Å². The Morgan fingerprint density at radius 3 is 2.72 bits per heavy atom. The maximum Gasteiger partial charge on any atom is 0.0694 e. The van der Waals surface area contributed by atoms with Gasteiger partial charge in [-0.1, -0.05) is 22.0 Å². The lowest BCUT2D eigenvalue weighted by molar-refractivity contribution is 0.0644. The summed E-state index contributed by atoms with van der Waals surface area (Å²) in [5, 5.41) is 0. The smallest absolute Gasteiger partial charge is 0.0694 e. The highest BCUT2D eigenvalue weighted by molar-refractivity contribution is 9.10. The van der Waals surface area contributed by atoms with Crippen molar-refractivity contribution in [2.45, 2.75) is 32.4 Å². The van der Waals surface area contributed by atoms with Crippen LogP contribution in [0.1, 0.15) is 32.4 Å². The monoisotopic (exact) mass is 312 g/mol. The summed E-state index contributed by atoms with van der Waals surface area (Å²) in [6.45, 7) is 8.89. The number of halogens is 1. The minimum Gasteiger partial charge on any atom is -0.377 e. The van der Waals surface area contributed by atoms with Gasteiger partial charge in [0.05, 0.1) is 18.8 Å². The van der Waals surface area contributed by atoms with Gasteiger partial charge in [-0.3, -0.25) is 0 Å². The summed E-state index contributed by atoms with van der Waals surface area (Å²) in [6.07, 6.45) is 0. The van der Waals surface area contributed by atoms with E-state index in [0.717, 1.165) is 29.8 Å². The highest BCUT2D eigenvalue weighted by Gasteiger charge is 2.30. The summed E-state index contributed by atoms with van der Waals surface area (Å²) in [4.78, 5) is 2.40. The van der Waals surface area contributed by atoms with Crippen LogP contribution in [0.25, 0.3) is 0 Å². The lowest BCUT2D eigenvalue weighted by atomic mass is 10.0. The third-order valence-electron chi connectivity index (χ3n) is 3.43. The molecule has 0 amide bonds. The zero-order valence-electron chi connectivity index (χ0n) is 11.2. The molecule has 0 spiro atoms. The van der Waals surface area contributed by atoms with E-state index < -0.39 is 0 Å². The molecule has 100 valence electrons. The van der Waals surface area contributed by atoms with Crippen LogP contribution in [-0.2, 0) is 4.74 Å². The topological polar surface area (TPSA) is 38.5 Å². The Kier molecular flexibility index (Phi) is 3.99. The number of ether oxygens (including phenoxy) is 1. The Balaban J connectivity index is 2.31. The molecule has 1 aromatic carbocycles. The van der Waals surface area contributed by atoms with E-state index >= 15 is 0 Å². The Labute approximate surface area is 117 Å². The number of nitrogens with zero attached hydrogens (tertiary/aromatic N) is 1. The molecule has 1 aromatic rings. The van der Waals surface area contributed by atoms with Gasteiger partial charge in [-0.25, -0.2) is 0 Å². The summed E-state index contributed by atoms with van der Waals surface area (Å²) in [5.41, 5.74) is 8.33. The zero-order chi connectivity index (χ0) is 13.3. The lowest BCUT2D eigenvalue weighted by Gasteiger charge is -2.44. The van der Waals surface area contributed by atoms with E-state index in [4.69, 9.17) is 10.5 Å². The maximum atomic E-state index is 5.93. The van der Waals surface area contributed by atoms with E-state index in [1.165, 1.54) is 5.69 Å². The van der Waals surface area contributed by atoms with Gasteiger partial charge >= 0.3 is 0 Å². The largest absolute Gasteiger partial charge is 0.377 e. The molecule has 3 nitrogen and oxygen atoms in total. The molecule has 1 saturated heterocycles. The van der Waals surface area contributed by atoms with Crippen LogP contribution in [0.5, 0.6) is 0 Å². The summed E-state index contributed by atoms with van der Waals surface area (Å²) >= 11 is 3.61. The Hall–Kier alpha value is -0.580. The van der Waals surface area contributed by atoms with Crippen molar-refractivity contribution in [3.05, 3.63) is 28.2 Å². The van der Waals surface area contributed by atoms with Gasteiger partial charge in [0.1, 0.15) is 0 Å². The minimum absolute atomic E-state index is 0.0353. The maximum absolute atomic E-state index is 5.93. The van der Waals surface area contributed by atoms with Crippen molar-refractivity contribution >= 4 is 21.6 Å². The van der Waals surface area contributed by atoms with E-state index in [1.807, 2.05) is 6.92 Å². The van der Waals surface area contributed by atoms with Crippen molar-refractivity contribution < 1.29 is 4.74 Å². The lowest BCUT2D eigenvalue weighted by Crippen LogP contribution is -2.53. The molecule has 18 heavy (non-hydrogen) atoms. The summed E-state index contributed by atoms with van der Waals surface area (Å²) < 4.78 is 6.64. The average Bonchev–Trinajstić information content (AvgIpc) is 2.27. The number of rotatable bonds is 2. The molecule has 1 aliphatic heterocycles. The third kappa shape index (κ3) is 2.71. The molecule has 0 aliphatic carbocycles. The molecule has 0 unspecified atom stereocenters. The third-order valence-corrected chi connectivity index (χ3v) is 4.12. The van der Waals surface area contributed by atoms with E-state index in [2.05, 4.69) is 52.9 Å². The van der Waals surface area contributed by atoms with E-state index in [1.54, 1.807) is 0 Å². The predicted octanol–water partition coefficient (Wildman–Crippen LogP) is 3.08. The van der Waals surface area contributed by atoms with Crippen LogP contribution in [0.3, 0.4) is 0 Å². The summed E-state index contributed by atoms with van der Waals surface area (Å²) in [6, 6.07) is 6.46. The van der Waals surface area contributed by atoms with Gasteiger partial charge in [-0.15, -0.1) is 0 Å². The Morgan fingerprint density at radius 1 is 1.44 bits per heavy atom. The highest BCUT2D eigenvalue weighted by atomic mass is 79.9. The standard InChI is InChI=1S/C14H21BrN2O/c1-10(16)12-5-4-11(8-13(12)15)17-6-7-18-9-14(17,2)3/h4-5,8,10H,6-7,9,16H2,1-3H3/t10-/m0/s1. The van der Waals surface area contributed by atoms with Gasteiger partial charge in [0, 0.05) is 22.7 Å². The average molecular weight is 313 g/mol. The van der Waals surface area contributed by atoms with E-state index in [-0.39, 0.29) is 11.6 Å². The summed E-state index contributed by atoms with van der Waals surface area (Å²) in [5.74, 6) is 0. The number of benzene rings is 1. The van der Waals surface area contributed by atoms with Crippen molar-refractivity contribution in [3.63, 3.8) is 0 Å². The number of nitrogens with two attached hydrogens (primary N) is 1. The number of morpholine rings is 1. The van der Waals surface area contributed by atoms with Crippen molar-refractivity contribution in [2.75, 3.05) is 24.7 Å². The SMILES string of the molecule is C[C@H](N)c1ccc(N2CCOCC2(C)C)cc1Br. The molecule has 0 bridgehead atoms. The van der Waals surface area contributed by atoms with Gasteiger partial charge in [-0.2, -0.15) is 0 Å². The molecule has 0 saturated carbocycles. The van der Waals surface area contributed by atoms with Gasteiger partial charge in [-0.05, 0) is 38.5 Å². The number of hydrogen-bond acceptors (Lipinski definition) is 3. The molecule has 2 N–H and O–H groups in total. The first-order valence-electron chi connectivity index (χ1n) is 6.32. The second-order valence-electron chi connectivity index (χ2n) is 5.51. The quantitative estimate of drug-likeness (QED) is 0.912. The minimum atomic E-state index is 0.0353. The van der Waals surface area contributed by atoms with Gasteiger partial charge in [0.15, 0.2) is 0 Å². The van der Waals surface area contributed by atoms with E-state index in [9.17, 15) is 0 Å². The first-order chi connectivity index (χ1) is 8.42. The predicted molar refractivity (Wildman–Crippen MR) is 79.0 cm³/mol. The van der Waals surface area contributed by atoms with Crippen LogP contribution in [-0.4, -0.2) is 25.3 Å². The molecule has 4 heteroatoms. The molecule has 1 fully saturated rings. The second kappa shape index (κ2) is 5.19. The van der Waals surface area contributed by atoms with Crippen LogP contribution >= 0.6 is 15.9 Å². The first-order valence-corrected chi connectivity index (χ1v) is 7.11. The fourth-order valence-electron chi connectivity index (χ4n) is 2.39. The zero-order valence-corrected chi connectivity index (χ0v) is 12.8. The van der Waals surface area contributed by atoms with Crippen molar-refractivity contribution in [1.82, 2.24) is 0 Å². The number of anilines is 1. The Morgan fingerprint density at radius 2 is 2.17 bits per heavy atom. The fourth-order valence-corrected chi connectivity index (χ4v) is 3.12. The van der Waals surface area contributed by atoms with Crippen LogP contribution < -0.4 is 10.6 Å². The highest BCUT2D eigenvalue weighted by Crippen LogP contribution is 2.32. The normalized spacial score (nSPS) is 20.8. The van der Waals surface area contributed by atoms with Crippen molar-refractivity contribution in [2.24, 2.45) is 5.73 Å². The fraction of sp³-hybridized carbons (Fsp3) is 0.571. The van der Waals surface area contributed by atoms with Crippen molar-refractivity contribution in [1.29, 1.82) is 0 Å². The number of hydrogen-bond donors (Lipinski definition) is 1. The Bertz CT molecular complexity index is 432. The van der Waals surface area contributed by atoms with Gasteiger partial charge in [0.25, 0.3) is 0 Å². The first kappa shape index (κ1) is 13.8. The molecule has 1 aliphatic rings. The van der Waals surface area contributed by atoms with E-state index in [0.29, 0.717) is 0 Å². The molecule has 0 aromatic heterocycles. The van der Waals surface area contributed by atoms with Crippen LogP contribution in [0.2, 0.25) is 0 Å². The van der Waals surface area contributed by atoms with Crippen LogP contribution in [0.15, 0.2) is 22.7 Å². The molecule has 1 atom stereocenters. The molecule has 0 radical (unpaired) electrons. The second-order valence-corrected chi connectivity index (χ2v) is 6.37. The molecular formula is C14H21BrN2O. The summed E-state index contributed by atoms with van der Waals surface area (Å²) in [7, 11) is 0. The molecular weight excluding hydrogens is 292 g/mol. The molecule has 2 rings (SSSR count). The molecule has 1 heterocycles. The van der Waals surface area contributed by atoms with Crippen molar-refractivity contribution in [3.8, 4) is 0 Å². The van der Waals surface area contributed by atoms with Gasteiger partial charge < -0.3 is 15.4 Å². The van der Waals surface area contributed by atoms with Crippen LogP contribution in [0.4, 0.5) is 5.69 Å².